The summed E-state index contributed by atoms with van der Waals surface area (Å²) in [7, 11) is 0. The average molecular weight is 284 g/mol. The molecule has 0 spiro atoms. The van der Waals surface area contributed by atoms with Crippen molar-refractivity contribution in [3.63, 3.8) is 0 Å². The molecule has 0 saturated carbocycles. The van der Waals surface area contributed by atoms with Gasteiger partial charge in [0.1, 0.15) is 11.7 Å². The van der Waals surface area contributed by atoms with E-state index in [4.69, 9.17) is 11.5 Å². The molecule has 2 rings (SSSR count). The number of hydrogen-bond donors (Lipinski definition) is 3. The molecule has 1 aromatic heterocycles. The van der Waals surface area contributed by atoms with Crippen molar-refractivity contribution in [2.75, 3.05) is 5.73 Å². The first kappa shape index (κ1) is 14.5. The van der Waals surface area contributed by atoms with Gasteiger partial charge in [0, 0.05) is 12.7 Å². The number of anilines is 1. The topological polar surface area (TPSA) is 111 Å². The monoisotopic (exact) mass is 284 g/mol. The van der Waals surface area contributed by atoms with Crippen LogP contribution in [-0.4, -0.2) is 16.8 Å². The van der Waals surface area contributed by atoms with Crippen molar-refractivity contribution in [1.82, 2.24) is 10.3 Å². The Hall–Kier alpha value is -2.89. The fourth-order valence-electron chi connectivity index (χ4n) is 1.92. The minimum absolute atomic E-state index is 0.253. The number of nitrogens with one attached hydrogen (secondary N) is 1. The standard InChI is InChI=1S/C15H16N4O2/c16-12-7-6-10(8-18-12)9-19-15(21)13(14(17)20)11-4-2-1-3-5-11/h1-8,13H,9H2,(H2,16,18)(H2,17,20)(H,19,21)/t13-/m0/s1. The third-order valence-electron chi connectivity index (χ3n) is 2.99. The van der Waals surface area contributed by atoms with Gasteiger partial charge in [-0.15, -0.1) is 0 Å². The van der Waals surface area contributed by atoms with Crippen LogP contribution in [0.15, 0.2) is 48.7 Å². The summed E-state index contributed by atoms with van der Waals surface area (Å²) in [5, 5.41) is 2.68. The SMILES string of the molecule is NC(=O)[C@@H](C(=O)NCc1ccc(N)nc1)c1ccccc1. The molecule has 2 aromatic rings. The number of carbonyl (C=O) groups is 2. The number of carbonyl (C=O) groups excluding carboxylic acids is 2. The van der Waals surface area contributed by atoms with Gasteiger partial charge in [-0.1, -0.05) is 36.4 Å². The second kappa shape index (κ2) is 6.51. The number of nitrogens with two attached hydrogens (primary N) is 2. The van der Waals surface area contributed by atoms with Crippen LogP contribution in [0.25, 0.3) is 0 Å². The molecule has 0 aliphatic carbocycles. The Morgan fingerprint density at radius 2 is 1.86 bits per heavy atom. The Morgan fingerprint density at radius 1 is 1.14 bits per heavy atom. The second-order valence-electron chi connectivity index (χ2n) is 4.56. The highest BCUT2D eigenvalue weighted by molar-refractivity contribution is 6.04. The van der Waals surface area contributed by atoms with Crippen LogP contribution in [0.4, 0.5) is 5.82 Å². The summed E-state index contributed by atoms with van der Waals surface area (Å²) in [6.07, 6.45) is 1.57. The molecule has 1 atom stereocenters. The lowest BCUT2D eigenvalue weighted by atomic mass is 9.97. The van der Waals surface area contributed by atoms with E-state index in [1.54, 1.807) is 48.7 Å². The van der Waals surface area contributed by atoms with Gasteiger partial charge in [-0.05, 0) is 17.2 Å². The molecule has 0 fully saturated rings. The summed E-state index contributed by atoms with van der Waals surface area (Å²) in [4.78, 5) is 27.6. The molecular formula is C15H16N4O2. The quantitative estimate of drug-likeness (QED) is 0.696. The summed E-state index contributed by atoms with van der Waals surface area (Å²) in [6, 6.07) is 12.1. The molecule has 0 radical (unpaired) electrons. The molecule has 0 bridgehead atoms. The lowest BCUT2D eigenvalue weighted by Crippen LogP contribution is -2.36. The number of aromatic nitrogens is 1. The number of rotatable bonds is 5. The Labute approximate surface area is 122 Å². The molecule has 1 aromatic carbocycles. The highest BCUT2D eigenvalue weighted by atomic mass is 16.2. The zero-order chi connectivity index (χ0) is 15.2. The lowest BCUT2D eigenvalue weighted by molar-refractivity contribution is -0.130. The first-order valence-corrected chi connectivity index (χ1v) is 6.40. The number of benzene rings is 1. The van der Waals surface area contributed by atoms with E-state index < -0.39 is 17.7 Å². The molecule has 5 N–H and O–H groups in total. The minimum Gasteiger partial charge on any atom is -0.384 e. The van der Waals surface area contributed by atoms with Gasteiger partial charge >= 0.3 is 0 Å². The van der Waals surface area contributed by atoms with E-state index in [1.165, 1.54) is 0 Å². The predicted molar refractivity (Wildman–Crippen MR) is 78.9 cm³/mol. The molecule has 6 heteroatoms. The number of primary amides is 1. The molecule has 0 aliphatic rings. The van der Waals surface area contributed by atoms with Gasteiger partial charge in [-0.25, -0.2) is 4.98 Å². The van der Waals surface area contributed by atoms with Crippen molar-refractivity contribution in [2.24, 2.45) is 5.73 Å². The van der Waals surface area contributed by atoms with Crippen molar-refractivity contribution in [2.45, 2.75) is 12.5 Å². The largest absolute Gasteiger partial charge is 0.384 e. The van der Waals surface area contributed by atoms with Gasteiger partial charge in [-0.2, -0.15) is 0 Å². The van der Waals surface area contributed by atoms with E-state index in [9.17, 15) is 9.59 Å². The fraction of sp³-hybridized carbons (Fsp3) is 0.133. The van der Waals surface area contributed by atoms with Crippen molar-refractivity contribution < 1.29 is 9.59 Å². The molecule has 0 aliphatic heterocycles. The van der Waals surface area contributed by atoms with Gasteiger partial charge < -0.3 is 16.8 Å². The zero-order valence-electron chi connectivity index (χ0n) is 11.3. The number of nitrogen functional groups attached to an aromatic ring is 1. The van der Waals surface area contributed by atoms with Crippen LogP contribution >= 0.6 is 0 Å². The highest BCUT2D eigenvalue weighted by Gasteiger charge is 2.25. The van der Waals surface area contributed by atoms with Gasteiger partial charge in [-0.3, -0.25) is 9.59 Å². The van der Waals surface area contributed by atoms with Crippen LogP contribution in [0, 0.1) is 0 Å². The van der Waals surface area contributed by atoms with E-state index in [0.717, 1.165) is 5.56 Å². The van der Waals surface area contributed by atoms with E-state index in [1.807, 2.05) is 0 Å². The Morgan fingerprint density at radius 3 is 2.43 bits per heavy atom. The molecule has 0 unspecified atom stereocenters. The Bertz CT molecular complexity index is 626. The van der Waals surface area contributed by atoms with E-state index in [0.29, 0.717) is 11.4 Å². The van der Waals surface area contributed by atoms with Crippen LogP contribution in [0.5, 0.6) is 0 Å². The lowest BCUT2D eigenvalue weighted by Gasteiger charge is -2.14. The fourth-order valence-corrected chi connectivity index (χ4v) is 1.92. The molecule has 21 heavy (non-hydrogen) atoms. The summed E-state index contributed by atoms with van der Waals surface area (Å²) < 4.78 is 0. The molecule has 2 amide bonds. The smallest absolute Gasteiger partial charge is 0.237 e. The zero-order valence-corrected chi connectivity index (χ0v) is 11.3. The number of nitrogens with zero attached hydrogens (tertiary/aromatic N) is 1. The number of amides is 2. The van der Waals surface area contributed by atoms with Gasteiger partial charge in [0.15, 0.2) is 0 Å². The van der Waals surface area contributed by atoms with Crippen molar-refractivity contribution in [3.8, 4) is 0 Å². The highest BCUT2D eigenvalue weighted by Crippen LogP contribution is 2.15. The summed E-state index contributed by atoms with van der Waals surface area (Å²) in [5.41, 5.74) is 12.2. The summed E-state index contributed by atoms with van der Waals surface area (Å²) >= 11 is 0. The third kappa shape index (κ3) is 3.79. The maximum absolute atomic E-state index is 12.2. The Kier molecular flexibility index (Phi) is 4.50. The van der Waals surface area contributed by atoms with Crippen LogP contribution in [0.3, 0.4) is 0 Å². The first-order chi connectivity index (χ1) is 10.1. The van der Waals surface area contributed by atoms with E-state index in [2.05, 4.69) is 10.3 Å². The average Bonchev–Trinajstić information content (AvgIpc) is 2.47. The molecule has 108 valence electrons. The van der Waals surface area contributed by atoms with Crippen molar-refractivity contribution in [1.29, 1.82) is 0 Å². The van der Waals surface area contributed by atoms with Crippen LogP contribution in [0.1, 0.15) is 17.0 Å². The molecule has 0 saturated heterocycles. The maximum Gasteiger partial charge on any atom is 0.237 e. The summed E-state index contributed by atoms with van der Waals surface area (Å²) in [5.74, 6) is -1.73. The number of pyridine rings is 1. The molecule has 1 heterocycles. The Balaban J connectivity index is 2.06. The number of hydrogen-bond acceptors (Lipinski definition) is 4. The van der Waals surface area contributed by atoms with Crippen molar-refractivity contribution in [3.05, 3.63) is 59.8 Å². The van der Waals surface area contributed by atoms with Gasteiger partial charge in [0.2, 0.25) is 11.8 Å². The normalized spacial score (nSPS) is 11.6. The second-order valence-corrected chi connectivity index (χ2v) is 4.56. The van der Waals surface area contributed by atoms with E-state index in [-0.39, 0.29) is 6.54 Å². The first-order valence-electron chi connectivity index (χ1n) is 6.40. The minimum atomic E-state index is -1.01. The third-order valence-corrected chi connectivity index (χ3v) is 2.99. The maximum atomic E-state index is 12.2. The van der Waals surface area contributed by atoms with Gasteiger partial charge in [0.25, 0.3) is 0 Å². The van der Waals surface area contributed by atoms with E-state index >= 15 is 0 Å². The van der Waals surface area contributed by atoms with Crippen molar-refractivity contribution >= 4 is 17.6 Å². The predicted octanol–water partition coefficient (Wildman–Crippen LogP) is 0.549. The summed E-state index contributed by atoms with van der Waals surface area (Å²) in [6.45, 7) is 0.253. The van der Waals surface area contributed by atoms with Gasteiger partial charge in [0.05, 0.1) is 0 Å². The molecular weight excluding hydrogens is 268 g/mol. The van der Waals surface area contributed by atoms with Crippen LogP contribution < -0.4 is 16.8 Å². The van der Waals surface area contributed by atoms with Crippen LogP contribution in [0.2, 0.25) is 0 Å². The van der Waals surface area contributed by atoms with Crippen LogP contribution in [-0.2, 0) is 16.1 Å². The molecule has 6 nitrogen and oxygen atoms in total.